The number of anilines is 1. The van der Waals surface area contributed by atoms with Gasteiger partial charge >= 0.3 is 5.97 Å². The quantitative estimate of drug-likeness (QED) is 0.836. The highest BCUT2D eigenvalue weighted by atomic mass is 32.1. The summed E-state index contributed by atoms with van der Waals surface area (Å²) >= 11 is 1.55. The smallest absolute Gasteiger partial charge is 0.306 e. The fourth-order valence-corrected chi connectivity index (χ4v) is 3.15. The van der Waals surface area contributed by atoms with Crippen LogP contribution in [0.2, 0.25) is 0 Å². The molecule has 1 aliphatic heterocycles. The lowest BCUT2D eigenvalue weighted by molar-refractivity contribution is -0.144. The van der Waals surface area contributed by atoms with E-state index in [0.717, 1.165) is 32.5 Å². The Hall–Kier alpha value is -1.14. The Labute approximate surface area is 117 Å². The van der Waals surface area contributed by atoms with Crippen LogP contribution in [0, 0.1) is 5.92 Å². The van der Waals surface area contributed by atoms with Crippen molar-refractivity contribution in [3.05, 3.63) is 11.1 Å². The molecule has 1 saturated heterocycles. The summed E-state index contributed by atoms with van der Waals surface area (Å²) in [4.78, 5) is 19.1. The van der Waals surface area contributed by atoms with Crippen molar-refractivity contribution in [1.82, 2.24) is 9.88 Å². The van der Waals surface area contributed by atoms with Gasteiger partial charge in [-0.25, -0.2) is 4.98 Å². The van der Waals surface area contributed by atoms with Gasteiger partial charge in [0, 0.05) is 24.0 Å². The third-order valence-electron chi connectivity index (χ3n) is 3.42. The number of piperidine rings is 1. The molecule has 2 rings (SSSR count). The molecular weight excluding hydrogens is 262 g/mol. The van der Waals surface area contributed by atoms with E-state index in [-0.39, 0.29) is 5.97 Å². The largest absolute Gasteiger partial charge is 0.466 e. The predicted molar refractivity (Wildman–Crippen MR) is 75.8 cm³/mol. The number of carbonyl (C=O) groups is 1. The van der Waals surface area contributed by atoms with Gasteiger partial charge in [-0.2, -0.15) is 0 Å². The molecule has 5 nitrogen and oxygen atoms in total. The zero-order chi connectivity index (χ0) is 13.7. The van der Waals surface area contributed by atoms with Gasteiger partial charge in [0.05, 0.1) is 6.61 Å². The van der Waals surface area contributed by atoms with Gasteiger partial charge in [0.2, 0.25) is 0 Å². The molecule has 0 bridgehead atoms. The molecule has 1 aromatic heterocycles. The van der Waals surface area contributed by atoms with Crippen molar-refractivity contribution in [2.45, 2.75) is 32.7 Å². The first kappa shape index (κ1) is 14.3. The summed E-state index contributed by atoms with van der Waals surface area (Å²) in [6, 6.07) is 0. The second-order valence-corrected chi connectivity index (χ2v) is 6.04. The number of rotatable bonds is 5. The number of hydrogen-bond donors (Lipinski definition) is 1. The average molecular weight is 283 g/mol. The van der Waals surface area contributed by atoms with Crippen molar-refractivity contribution in [3.63, 3.8) is 0 Å². The Morgan fingerprint density at radius 1 is 1.58 bits per heavy atom. The van der Waals surface area contributed by atoms with Crippen molar-refractivity contribution in [2.75, 3.05) is 25.4 Å². The van der Waals surface area contributed by atoms with Crippen LogP contribution in [0.25, 0.3) is 0 Å². The maximum Gasteiger partial charge on any atom is 0.306 e. The summed E-state index contributed by atoms with van der Waals surface area (Å²) in [7, 11) is 0. The Bertz CT molecular complexity index is 414. The van der Waals surface area contributed by atoms with Crippen LogP contribution in [0.4, 0.5) is 5.13 Å². The number of nitrogens with zero attached hydrogens (tertiary/aromatic N) is 2. The number of aromatic nitrogens is 1. The highest BCUT2D eigenvalue weighted by Crippen LogP contribution is 2.24. The summed E-state index contributed by atoms with van der Waals surface area (Å²) in [6.45, 7) is 5.30. The van der Waals surface area contributed by atoms with Gasteiger partial charge in [0.25, 0.3) is 0 Å². The fraction of sp³-hybridized carbons (Fsp3) is 0.692. The normalized spacial score (nSPS) is 17.5. The topological polar surface area (TPSA) is 68.5 Å². The number of nitrogens with two attached hydrogens (primary N) is 1. The first-order valence-corrected chi connectivity index (χ1v) is 7.57. The molecule has 2 heterocycles. The van der Waals surface area contributed by atoms with Crippen LogP contribution >= 0.6 is 11.3 Å². The molecule has 0 amide bonds. The molecule has 1 fully saturated rings. The molecule has 106 valence electrons. The van der Waals surface area contributed by atoms with Crippen LogP contribution in [-0.2, 0) is 16.1 Å². The zero-order valence-corrected chi connectivity index (χ0v) is 12.1. The van der Waals surface area contributed by atoms with E-state index in [1.54, 1.807) is 11.3 Å². The first-order valence-electron chi connectivity index (χ1n) is 6.75. The van der Waals surface area contributed by atoms with Crippen LogP contribution in [-0.4, -0.2) is 35.5 Å². The summed E-state index contributed by atoms with van der Waals surface area (Å²) in [5.74, 6) is 0.415. The number of thiazole rings is 1. The third kappa shape index (κ3) is 4.47. The fourth-order valence-electron chi connectivity index (χ4n) is 2.42. The van der Waals surface area contributed by atoms with Crippen LogP contribution in [0.3, 0.4) is 0 Å². The minimum atomic E-state index is -0.0591. The first-order chi connectivity index (χ1) is 9.17. The molecule has 0 atom stereocenters. The van der Waals surface area contributed by atoms with E-state index in [1.165, 1.54) is 4.88 Å². The standard InChI is InChI=1S/C13H21N3O2S/c1-2-18-12(17)7-10-3-5-16(6-4-10)9-11-8-15-13(14)19-11/h8,10H,2-7,9H2,1H3,(H2,14,15). The number of hydrogen-bond acceptors (Lipinski definition) is 6. The predicted octanol–water partition coefficient (Wildman–Crippen LogP) is 1.89. The second-order valence-electron chi connectivity index (χ2n) is 4.89. The highest BCUT2D eigenvalue weighted by molar-refractivity contribution is 7.15. The molecule has 0 unspecified atom stereocenters. The van der Waals surface area contributed by atoms with Gasteiger partial charge in [0.1, 0.15) is 0 Å². The Balaban J connectivity index is 1.71. The maximum atomic E-state index is 11.4. The molecule has 0 aliphatic carbocycles. The molecule has 2 N–H and O–H groups in total. The van der Waals surface area contributed by atoms with Gasteiger partial charge in [-0.3, -0.25) is 9.69 Å². The molecular formula is C13H21N3O2S. The van der Waals surface area contributed by atoms with Gasteiger partial charge in [-0.15, -0.1) is 11.3 Å². The van der Waals surface area contributed by atoms with E-state index in [4.69, 9.17) is 10.5 Å². The van der Waals surface area contributed by atoms with E-state index in [9.17, 15) is 4.79 Å². The molecule has 0 saturated carbocycles. The van der Waals surface area contributed by atoms with Gasteiger partial charge in [-0.1, -0.05) is 0 Å². The third-order valence-corrected chi connectivity index (χ3v) is 4.23. The summed E-state index contributed by atoms with van der Waals surface area (Å²) in [5, 5.41) is 0.632. The number of nitrogen functional groups attached to an aromatic ring is 1. The van der Waals surface area contributed by atoms with Crippen molar-refractivity contribution in [3.8, 4) is 0 Å². The lowest BCUT2D eigenvalue weighted by Gasteiger charge is -2.31. The molecule has 0 aromatic carbocycles. The SMILES string of the molecule is CCOC(=O)CC1CCN(Cc2cnc(N)s2)CC1. The van der Waals surface area contributed by atoms with E-state index in [0.29, 0.717) is 24.1 Å². The number of carbonyl (C=O) groups excluding carboxylic acids is 1. The lowest BCUT2D eigenvalue weighted by Crippen LogP contribution is -2.33. The minimum Gasteiger partial charge on any atom is -0.466 e. The second kappa shape index (κ2) is 6.86. The zero-order valence-electron chi connectivity index (χ0n) is 11.3. The van der Waals surface area contributed by atoms with Crippen molar-refractivity contribution >= 4 is 22.4 Å². The average Bonchev–Trinajstić information content (AvgIpc) is 2.78. The van der Waals surface area contributed by atoms with Crippen molar-refractivity contribution in [1.29, 1.82) is 0 Å². The Morgan fingerprint density at radius 2 is 2.32 bits per heavy atom. The highest BCUT2D eigenvalue weighted by Gasteiger charge is 2.22. The minimum absolute atomic E-state index is 0.0591. The summed E-state index contributed by atoms with van der Waals surface area (Å²) < 4.78 is 5.00. The van der Waals surface area contributed by atoms with Crippen LogP contribution in [0.15, 0.2) is 6.20 Å². The van der Waals surface area contributed by atoms with E-state index >= 15 is 0 Å². The molecule has 1 aliphatic rings. The van der Waals surface area contributed by atoms with Gasteiger partial charge in [-0.05, 0) is 38.8 Å². The van der Waals surface area contributed by atoms with Gasteiger partial charge < -0.3 is 10.5 Å². The maximum absolute atomic E-state index is 11.4. The number of ether oxygens (including phenoxy) is 1. The van der Waals surface area contributed by atoms with Crippen LogP contribution < -0.4 is 5.73 Å². The Kier molecular flexibility index (Phi) is 5.15. The molecule has 6 heteroatoms. The number of esters is 1. The van der Waals surface area contributed by atoms with Crippen molar-refractivity contribution < 1.29 is 9.53 Å². The van der Waals surface area contributed by atoms with E-state index in [2.05, 4.69) is 9.88 Å². The van der Waals surface area contributed by atoms with Gasteiger partial charge in [0.15, 0.2) is 5.13 Å². The lowest BCUT2D eigenvalue weighted by atomic mass is 9.93. The monoisotopic (exact) mass is 283 g/mol. The molecule has 1 aromatic rings. The van der Waals surface area contributed by atoms with Crippen LogP contribution in [0.5, 0.6) is 0 Å². The molecule has 19 heavy (non-hydrogen) atoms. The van der Waals surface area contributed by atoms with Crippen molar-refractivity contribution in [2.24, 2.45) is 5.92 Å². The van der Waals surface area contributed by atoms with E-state index in [1.807, 2.05) is 13.1 Å². The number of likely N-dealkylation sites (tertiary alicyclic amines) is 1. The molecule has 0 spiro atoms. The molecule has 0 radical (unpaired) electrons. The Morgan fingerprint density at radius 3 is 2.89 bits per heavy atom. The summed E-state index contributed by atoms with van der Waals surface area (Å²) in [6.07, 6.45) is 4.54. The van der Waals surface area contributed by atoms with Crippen LogP contribution in [0.1, 0.15) is 31.1 Å². The summed E-state index contributed by atoms with van der Waals surface area (Å²) in [5.41, 5.74) is 5.63. The van der Waals surface area contributed by atoms with E-state index < -0.39 is 0 Å².